The summed E-state index contributed by atoms with van der Waals surface area (Å²) in [4.78, 5) is 10.9. The first-order valence-corrected chi connectivity index (χ1v) is 7.34. The zero-order valence-corrected chi connectivity index (χ0v) is 12.9. The lowest BCUT2D eigenvalue weighted by molar-refractivity contribution is 0.352. The van der Waals surface area contributed by atoms with Gasteiger partial charge in [0.25, 0.3) is 0 Å². The van der Waals surface area contributed by atoms with Gasteiger partial charge in [0.15, 0.2) is 0 Å². The molecule has 6 heteroatoms. The van der Waals surface area contributed by atoms with Gasteiger partial charge in [-0.1, -0.05) is 11.6 Å². The highest BCUT2D eigenvalue weighted by atomic mass is 79.9. The molecule has 2 aromatic heterocycles. The first-order chi connectivity index (χ1) is 9.13. The van der Waals surface area contributed by atoms with Crippen LogP contribution in [0.2, 0.25) is 5.02 Å². The van der Waals surface area contributed by atoms with E-state index in [-0.39, 0.29) is 0 Å². The van der Waals surface area contributed by atoms with Crippen LogP contribution in [0.4, 0.5) is 5.82 Å². The molecule has 1 aliphatic rings. The summed E-state index contributed by atoms with van der Waals surface area (Å²) in [7, 11) is 0. The van der Waals surface area contributed by atoms with E-state index < -0.39 is 0 Å². The number of aromatic nitrogens is 3. The maximum absolute atomic E-state index is 5.90. The topological polar surface area (TPSA) is 34.0 Å². The van der Waals surface area contributed by atoms with E-state index in [1.807, 2.05) is 25.4 Å². The van der Waals surface area contributed by atoms with Gasteiger partial charge in [-0.3, -0.25) is 0 Å². The Hall–Kier alpha value is -1.07. The molecule has 0 aliphatic carbocycles. The Kier molecular flexibility index (Phi) is 3.50. The van der Waals surface area contributed by atoms with Gasteiger partial charge in [0.2, 0.25) is 0 Å². The van der Waals surface area contributed by atoms with Crippen molar-refractivity contribution in [2.75, 3.05) is 18.0 Å². The molecule has 0 spiro atoms. The third-order valence-electron chi connectivity index (χ3n) is 3.42. The Morgan fingerprint density at radius 3 is 2.84 bits per heavy atom. The molecule has 1 saturated heterocycles. The minimum atomic E-state index is 0.650. The largest absolute Gasteiger partial charge is 0.355 e. The summed E-state index contributed by atoms with van der Waals surface area (Å²) in [6, 6.07) is 1.89. The predicted molar refractivity (Wildman–Crippen MR) is 79.6 cm³/mol. The second-order valence-corrected chi connectivity index (χ2v) is 6.15. The molecule has 0 amide bonds. The quantitative estimate of drug-likeness (QED) is 0.860. The highest BCUT2D eigenvalue weighted by Gasteiger charge is 2.29. The summed E-state index contributed by atoms with van der Waals surface area (Å²) >= 11 is 9.41. The van der Waals surface area contributed by atoms with Crippen LogP contribution in [0, 0.1) is 12.8 Å². The van der Waals surface area contributed by atoms with Crippen LogP contribution < -0.4 is 4.90 Å². The summed E-state index contributed by atoms with van der Waals surface area (Å²) in [5.41, 5.74) is 0. The predicted octanol–water partition coefficient (Wildman–Crippen LogP) is 3.14. The lowest BCUT2D eigenvalue weighted by Crippen LogP contribution is -2.49. The zero-order valence-electron chi connectivity index (χ0n) is 10.6. The molecule has 0 saturated carbocycles. The molecule has 0 radical (unpaired) electrons. The summed E-state index contributed by atoms with van der Waals surface area (Å²) in [5, 5.41) is 0.654. The van der Waals surface area contributed by atoms with Crippen LogP contribution in [-0.4, -0.2) is 27.6 Å². The molecular formula is C13H14BrClN4. The minimum absolute atomic E-state index is 0.650. The van der Waals surface area contributed by atoms with Crippen molar-refractivity contribution in [2.24, 2.45) is 5.92 Å². The highest BCUT2D eigenvalue weighted by molar-refractivity contribution is 9.10. The first kappa shape index (κ1) is 12.9. The summed E-state index contributed by atoms with van der Waals surface area (Å²) in [5.74, 6) is 2.70. The molecule has 4 nitrogen and oxygen atoms in total. The van der Waals surface area contributed by atoms with Gasteiger partial charge in [-0.2, -0.15) is 0 Å². The van der Waals surface area contributed by atoms with Crippen molar-refractivity contribution >= 4 is 33.3 Å². The number of pyridine rings is 1. The molecule has 0 N–H and O–H groups in total. The molecule has 0 bridgehead atoms. The third kappa shape index (κ3) is 2.62. The first-order valence-electron chi connectivity index (χ1n) is 6.17. The van der Waals surface area contributed by atoms with Gasteiger partial charge in [-0.25, -0.2) is 9.97 Å². The van der Waals surface area contributed by atoms with Gasteiger partial charge >= 0.3 is 0 Å². The smallest absolute Gasteiger partial charge is 0.142 e. The Bertz CT molecular complexity index is 592. The highest BCUT2D eigenvalue weighted by Crippen LogP contribution is 2.31. The lowest BCUT2D eigenvalue weighted by Gasteiger charge is -2.40. The average Bonchev–Trinajstić information content (AvgIpc) is 2.70. The average molecular weight is 342 g/mol. The second kappa shape index (κ2) is 5.13. The van der Waals surface area contributed by atoms with Gasteiger partial charge in [0.05, 0.1) is 9.50 Å². The van der Waals surface area contributed by atoms with Gasteiger partial charge in [0, 0.05) is 44.1 Å². The molecular weight excluding hydrogens is 328 g/mol. The number of anilines is 1. The van der Waals surface area contributed by atoms with Crippen molar-refractivity contribution in [1.29, 1.82) is 0 Å². The van der Waals surface area contributed by atoms with Crippen molar-refractivity contribution in [3.8, 4) is 0 Å². The monoisotopic (exact) mass is 340 g/mol. The standard InChI is InChI=1S/C13H14BrClN4/c1-9-16-2-3-18(9)6-10-7-19(8-10)13-12(14)4-11(15)5-17-13/h2-5,10H,6-8H2,1H3. The van der Waals surface area contributed by atoms with E-state index in [9.17, 15) is 0 Å². The van der Waals surface area contributed by atoms with E-state index >= 15 is 0 Å². The van der Waals surface area contributed by atoms with Crippen LogP contribution in [0.1, 0.15) is 5.82 Å². The summed E-state index contributed by atoms with van der Waals surface area (Å²) < 4.78 is 3.16. The van der Waals surface area contributed by atoms with Crippen LogP contribution >= 0.6 is 27.5 Å². The van der Waals surface area contributed by atoms with E-state index in [4.69, 9.17) is 11.6 Å². The Balaban J connectivity index is 1.62. The Morgan fingerprint density at radius 1 is 1.42 bits per heavy atom. The SMILES string of the molecule is Cc1nccn1CC1CN(c2ncc(Cl)cc2Br)C1. The second-order valence-electron chi connectivity index (χ2n) is 4.86. The Labute approximate surface area is 125 Å². The van der Waals surface area contributed by atoms with Gasteiger partial charge in [-0.15, -0.1) is 0 Å². The van der Waals surface area contributed by atoms with Crippen LogP contribution in [0.15, 0.2) is 29.1 Å². The van der Waals surface area contributed by atoms with E-state index in [1.54, 1.807) is 6.20 Å². The van der Waals surface area contributed by atoms with Crippen molar-refractivity contribution in [1.82, 2.24) is 14.5 Å². The maximum atomic E-state index is 5.90. The molecule has 0 atom stereocenters. The molecule has 1 fully saturated rings. The van der Waals surface area contributed by atoms with E-state index in [0.29, 0.717) is 10.9 Å². The molecule has 100 valence electrons. The van der Waals surface area contributed by atoms with Crippen molar-refractivity contribution in [3.63, 3.8) is 0 Å². The summed E-state index contributed by atoms with van der Waals surface area (Å²) in [6.07, 6.45) is 5.58. The minimum Gasteiger partial charge on any atom is -0.355 e. The van der Waals surface area contributed by atoms with Crippen LogP contribution in [0.3, 0.4) is 0 Å². The Morgan fingerprint density at radius 2 is 2.21 bits per heavy atom. The van der Waals surface area contributed by atoms with E-state index in [2.05, 4.69) is 35.4 Å². The fourth-order valence-electron chi connectivity index (χ4n) is 2.37. The molecule has 19 heavy (non-hydrogen) atoms. The van der Waals surface area contributed by atoms with E-state index in [1.165, 1.54) is 0 Å². The summed E-state index contributed by atoms with van der Waals surface area (Å²) in [6.45, 7) is 5.09. The number of aryl methyl sites for hydroxylation is 1. The normalized spacial score (nSPS) is 15.6. The fourth-order valence-corrected chi connectivity index (χ4v) is 3.26. The molecule has 0 aromatic carbocycles. The zero-order chi connectivity index (χ0) is 13.4. The van der Waals surface area contributed by atoms with Gasteiger partial charge < -0.3 is 9.47 Å². The molecule has 1 aliphatic heterocycles. The molecule has 3 heterocycles. The van der Waals surface area contributed by atoms with E-state index in [0.717, 1.165) is 35.7 Å². The number of imidazole rings is 1. The van der Waals surface area contributed by atoms with Crippen LogP contribution in [0.25, 0.3) is 0 Å². The van der Waals surface area contributed by atoms with Crippen LogP contribution in [0.5, 0.6) is 0 Å². The number of halogens is 2. The van der Waals surface area contributed by atoms with Crippen LogP contribution in [-0.2, 0) is 6.54 Å². The maximum Gasteiger partial charge on any atom is 0.142 e. The molecule has 3 rings (SSSR count). The molecule has 2 aromatic rings. The van der Waals surface area contributed by atoms with Crippen molar-refractivity contribution < 1.29 is 0 Å². The number of hydrogen-bond acceptors (Lipinski definition) is 3. The number of nitrogens with zero attached hydrogens (tertiary/aromatic N) is 4. The third-order valence-corrected chi connectivity index (χ3v) is 4.21. The lowest BCUT2D eigenvalue weighted by atomic mass is 10.00. The fraction of sp³-hybridized carbons (Fsp3) is 0.385. The number of rotatable bonds is 3. The van der Waals surface area contributed by atoms with Crippen molar-refractivity contribution in [3.05, 3.63) is 40.0 Å². The van der Waals surface area contributed by atoms with Gasteiger partial charge in [-0.05, 0) is 28.9 Å². The van der Waals surface area contributed by atoms with Crippen molar-refractivity contribution in [2.45, 2.75) is 13.5 Å². The number of hydrogen-bond donors (Lipinski definition) is 0. The van der Waals surface area contributed by atoms with Gasteiger partial charge in [0.1, 0.15) is 11.6 Å². The molecule has 0 unspecified atom stereocenters.